The summed E-state index contributed by atoms with van der Waals surface area (Å²) in [6.45, 7) is -0.379. The minimum Gasteiger partial charge on any atom is -0.453 e. The summed E-state index contributed by atoms with van der Waals surface area (Å²) in [5.41, 5.74) is 0. The van der Waals surface area contributed by atoms with Crippen molar-refractivity contribution in [3.05, 3.63) is 0 Å². The molecule has 0 fully saturated rings. The smallest absolute Gasteiger partial charge is 0.409 e. The molecule has 0 aromatic rings. The molecule has 12 heavy (non-hydrogen) atoms. The minimum atomic E-state index is -4.23. The Kier molecular flexibility index (Phi) is 3.85. The van der Waals surface area contributed by atoms with Crippen LogP contribution < -0.4 is 0 Å². The van der Waals surface area contributed by atoms with Crippen LogP contribution in [0.5, 0.6) is 0 Å². The fraction of sp³-hybridized carbons (Fsp3) is 0.833. The lowest BCUT2D eigenvalue weighted by Crippen LogP contribution is -2.30. The number of nitrogens with zero attached hydrogens (tertiary/aromatic N) is 1. The molecule has 0 N–H and O–H groups in total. The van der Waals surface area contributed by atoms with Gasteiger partial charge in [0.1, 0.15) is 0 Å². The van der Waals surface area contributed by atoms with Crippen LogP contribution in [0.3, 0.4) is 0 Å². The number of carbonyl (C=O) groups excluding carboxylic acids is 1. The average molecular weight is 185 g/mol. The number of rotatable bonds is 2. The Morgan fingerprint density at radius 2 is 2.00 bits per heavy atom. The number of ether oxygens (including phenoxy) is 1. The maximum Gasteiger partial charge on any atom is 0.409 e. The van der Waals surface area contributed by atoms with Crippen molar-refractivity contribution in [1.29, 1.82) is 0 Å². The van der Waals surface area contributed by atoms with E-state index in [2.05, 4.69) is 4.74 Å². The highest BCUT2D eigenvalue weighted by atomic mass is 19.4. The summed E-state index contributed by atoms with van der Waals surface area (Å²) in [5.74, 6) is 0. The van der Waals surface area contributed by atoms with Crippen LogP contribution in [0.15, 0.2) is 0 Å². The molecule has 0 bridgehead atoms. The highest BCUT2D eigenvalue weighted by Gasteiger charge is 2.28. The van der Waals surface area contributed by atoms with Crippen molar-refractivity contribution in [3.8, 4) is 0 Å². The zero-order chi connectivity index (χ0) is 9.78. The molecule has 0 atom stereocenters. The molecule has 0 heterocycles. The van der Waals surface area contributed by atoms with Gasteiger partial charge in [0.15, 0.2) is 0 Å². The van der Waals surface area contributed by atoms with Crippen LogP contribution in [0.4, 0.5) is 18.0 Å². The van der Waals surface area contributed by atoms with Gasteiger partial charge >= 0.3 is 12.3 Å². The zero-order valence-electron chi connectivity index (χ0n) is 6.81. The van der Waals surface area contributed by atoms with E-state index in [1.54, 1.807) is 0 Å². The molecule has 1 amide bonds. The van der Waals surface area contributed by atoms with Crippen LogP contribution in [0, 0.1) is 0 Å². The van der Waals surface area contributed by atoms with E-state index in [9.17, 15) is 18.0 Å². The van der Waals surface area contributed by atoms with Crippen LogP contribution in [-0.4, -0.2) is 37.9 Å². The fourth-order valence-electron chi connectivity index (χ4n) is 0.542. The van der Waals surface area contributed by atoms with Crippen molar-refractivity contribution in [2.45, 2.75) is 12.6 Å². The third-order valence-corrected chi connectivity index (χ3v) is 1.22. The number of alkyl halides is 3. The molecule has 3 nitrogen and oxygen atoms in total. The third-order valence-electron chi connectivity index (χ3n) is 1.22. The van der Waals surface area contributed by atoms with E-state index < -0.39 is 18.7 Å². The van der Waals surface area contributed by atoms with Gasteiger partial charge in [-0.05, 0) is 0 Å². The van der Waals surface area contributed by atoms with E-state index in [0.717, 1.165) is 12.0 Å². The molecule has 0 aromatic carbocycles. The normalized spacial score (nSPS) is 11.1. The number of halogens is 3. The molecule has 0 saturated heterocycles. The highest BCUT2D eigenvalue weighted by Crippen LogP contribution is 2.19. The van der Waals surface area contributed by atoms with Gasteiger partial charge in [0.2, 0.25) is 0 Å². The molecule has 6 heteroatoms. The van der Waals surface area contributed by atoms with Crippen LogP contribution >= 0.6 is 0 Å². The minimum absolute atomic E-state index is 0.379. The molecule has 0 rings (SSSR count). The highest BCUT2D eigenvalue weighted by molar-refractivity contribution is 5.66. The monoisotopic (exact) mass is 185 g/mol. The van der Waals surface area contributed by atoms with Crippen molar-refractivity contribution in [2.75, 3.05) is 20.7 Å². The van der Waals surface area contributed by atoms with E-state index in [0.29, 0.717) is 0 Å². The Balaban J connectivity index is 3.72. The zero-order valence-corrected chi connectivity index (χ0v) is 6.81. The Bertz CT molecular complexity index is 157. The van der Waals surface area contributed by atoms with Gasteiger partial charge in [-0.25, -0.2) is 4.79 Å². The maximum absolute atomic E-state index is 11.6. The molecule has 0 aliphatic heterocycles. The number of methoxy groups -OCH3 is 1. The fourth-order valence-corrected chi connectivity index (χ4v) is 0.542. The molecule has 0 radical (unpaired) electrons. The Morgan fingerprint density at radius 3 is 2.33 bits per heavy atom. The summed E-state index contributed by atoms with van der Waals surface area (Å²) in [6, 6.07) is 0. The van der Waals surface area contributed by atoms with Crippen molar-refractivity contribution in [1.82, 2.24) is 4.90 Å². The van der Waals surface area contributed by atoms with Crippen LogP contribution in [0.2, 0.25) is 0 Å². The van der Waals surface area contributed by atoms with E-state index in [1.807, 2.05) is 0 Å². The van der Waals surface area contributed by atoms with Gasteiger partial charge in [0, 0.05) is 13.6 Å². The molecular weight excluding hydrogens is 175 g/mol. The van der Waals surface area contributed by atoms with E-state index in [1.165, 1.54) is 7.05 Å². The lowest BCUT2D eigenvalue weighted by Gasteiger charge is -2.15. The van der Waals surface area contributed by atoms with Gasteiger partial charge in [-0.1, -0.05) is 0 Å². The van der Waals surface area contributed by atoms with Crippen LogP contribution in [0.25, 0.3) is 0 Å². The molecule has 0 spiro atoms. The number of hydrogen-bond acceptors (Lipinski definition) is 2. The van der Waals surface area contributed by atoms with Crippen molar-refractivity contribution in [3.63, 3.8) is 0 Å². The molecule has 0 saturated carbocycles. The second-order valence-corrected chi connectivity index (χ2v) is 2.26. The molecular formula is C6H10F3NO2. The molecule has 0 unspecified atom stereocenters. The van der Waals surface area contributed by atoms with Gasteiger partial charge in [-0.2, -0.15) is 13.2 Å². The quantitative estimate of drug-likeness (QED) is 0.654. The largest absolute Gasteiger partial charge is 0.453 e. The predicted octanol–water partition coefficient (Wildman–Crippen LogP) is 1.64. The summed E-state index contributed by atoms with van der Waals surface area (Å²) in [7, 11) is 2.37. The summed E-state index contributed by atoms with van der Waals surface area (Å²) in [5, 5.41) is 0. The Labute approximate surface area is 68.1 Å². The maximum atomic E-state index is 11.6. The molecule has 0 aromatic heterocycles. The summed E-state index contributed by atoms with van der Waals surface area (Å²) < 4.78 is 39.0. The van der Waals surface area contributed by atoms with Crippen molar-refractivity contribution >= 4 is 6.09 Å². The van der Waals surface area contributed by atoms with Crippen molar-refractivity contribution in [2.24, 2.45) is 0 Å². The SMILES string of the molecule is COC(=O)N(C)CCC(F)(F)F. The number of amides is 1. The Morgan fingerprint density at radius 1 is 1.50 bits per heavy atom. The second kappa shape index (κ2) is 4.18. The van der Waals surface area contributed by atoms with E-state index in [4.69, 9.17) is 0 Å². The second-order valence-electron chi connectivity index (χ2n) is 2.26. The number of carbonyl (C=O) groups is 1. The predicted molar refractivity (Wildman–Crippen MR) is 35.7 cm³/mol. The first-order chi connectivity index (χ1) is 5.37. The third kappa shape index (κ3) is 4.81. The van der Waals surface area contributed by atoms with Gasteiger partial charge in [-0.3, -0.25) is 0 Å². The van der Waals surface area contributed by atoms with Gasteiger partial charge < -0.3 is 9.64 Å². The van der Waals surface area contributed by atoms with Crippen LogP contribution in [0.1, 0.15) is 6.42 Å². The lowest BCUT2D eigenvalue weighted by atomic mass is 10.4. The van der Waals surface area contributed by atoms with Gasteiger partial charge in [0.05, 0.1) is 13.5 Å². The first-order valence-electron chi connectivity index (χ1n) is 3.22. The lowest BCUT2D eigenvalue weighted by molar-refractivity contribution is -0.136. The summed E-state index contributed by atoms with van der Waals surface area (Å²) >= 11 is 0. The van der Waals surface area contributed by atoms with Crippen molar-refractivity contribution < 1.29 is 22.7 Å². The first kappa shape index (κ1) is 11.1. The average Bonchev–Trinajstić information content (AvgIpc) is 1.97. The Hall–Kier alpha value is -0.940. The first-order valence-corrected chi connectivity index (χ1v) is 3.22. The van der Waals surface area contributed by atoms with Gasteiger partial charge in [0.25, 0.3) is 0 Å². The topological polar surface area (TPSA) is 29.5 Å². The molecule has 0 aliphatic carbocycles. The van der Waals surface area contributed by atoms with Crippen LogP contribution in [-0.2, 0) is 4.74 Å². The van der Waals surface area contributed by atoms with Gasteiger partial charge in [-0.15, -0.1) is 0 Å². The summed E-state index contributed by atoms with van der Waals surface area (Å²) in [6.07, 6.45) is -6.01. The standard InChI is InChI=1S/C6H10F3NO2/c1-10(5(11)12-2)4-3-6(7,8)9/h3-4H2,1-2H3. The molecule has 0 aliphatic rings. The van der Waals surface area contributed by atoms with E-state index >= 15 is 0 Å². The molecule has 72 valence electrons. The number of hydrogen-bond donors (Lipinski definition) is 0. The van der Waals surface area contributed by atoms with E-state index in [-0.39, 0.29) is 6.54 Å². The summed E-state index contributed by atoms with van der Waals surface area (Å²) in [4.78, 5) is 11.4.